The van der Waals surface area contributed by atoms with Gasteiger partial charge in [-0.15, -0.1) is 0 Å². The summed E-state index contributed by atoms with van der Waals surface area (Å²) in [6, 6.07) is -0.576. The van der Waals surface area contributed by atoms with E-state index >= 15 is 0 Å². The second-order valence-corrected chi connectivity index (χ2v) is 6.64. The van der Waals surface area contributed by atoms with Gasteiger partial charge in [-0.1, -0.05) is 20.8 Å². The zero-order valence-corrected chi connectivity index (χ0v) is 12.9. The number of carboxylic acids is 1. The molecule has 0 saturated carbocycles. The summed E-state index contributed by atoms with van der Waals surface area (Å²) in [6.07, 6.45) is 0. The molecule has 0 aliphatic heterocycles. The molecule has 0 fully saturated rings. The van der Waals surface area contributed by atoms with Gasteiger partial charge in [0.15, 0.2) is 0 Å². The number of hydrogen-bond acceptors (Lipinski definition) is 4. The molecule has 0 aliphatic rings. The topological polar surface area (TPSA) is 116 Å². The fourth-order valence-corrected chi connectivity index (χ4v) is 2.47. The molecule has 0 bridgehead atoms. The van der Waals surface area contributed by atoms with Crippen molar-refractivity contribution in [1.82, 2.24) is 14.9 Å². The first-order valence-electron chi connectivity index (χ1n) is 6.39. The molecule has 0 aromatic carbocycles. The van der Waals surface area contributed by atoms with Gasteiger partial charge in [-0.25, -0.2) is 17.9 Å². The predicted octanol–water partition coefficient (Wildman–Crippen LogP) is -0.322. The van der Waals surface area contributed by atoms with Crippen molar-refractivity contribution in [3.05, 3.63) is 0 Å². The number of urea groups is 1. The summed E-state index contributed by atoms with van der Waals surface area (Å²) in [5.41, 5.74) is 0. The maximum Gasteiger partial charge on any atom is 0.323 e. The van der Waals surface area contributed by atoms with E-state index in [1.807, 2.05) is 13.8 Å². The molecule has 0 heterocycles. The zero-order valence-electron chi connectivity index (χ0n) is 12.0. The van der Waals surface area contributed by atoms with Crippen molar-refractivity contribution in [2.75, 3.05) is 31.9 Å². The standard InChI is InChI=1S/C11H23N3O5S/c1-4-13-20(18,19)6-5-12-11(17)14(7-9(2)3)8-10(15)16/h9,13H,4-8H2,1-3H3,(H,12,17)(H,15,16). The molecule has 0 aromatic rings. The van der Waals surface area contributed by atoms with Crippen LogP contribution in [0.2, 0.25) is 0 Å². The van der Waals surface area contributed by atoms with Crippen LogP contribution in [-0.4, -0.2) is 62.4 Å². The van der Waals surface area contributed by atoms with Gasteiger partial charge in [0.05, 0.1) is 5.75 Å². The Kier molecular flexibility index (Phi) is 8.16. The molecule has 20 heavy (non-hydrogen) atoms. The van der Waals surface area contributed by atoms with Crippen molar-refractivity contribution in [1.29, 1.82) is 0 Å². The smallest absolute Gasteiger partial charge is 0.323 e. The molecular weight excluding hydrogens is 286 g/mol. The molecule has 0 radical (unpaired) electrons. The number of amides is 2. The Bertz CT molecular complexity index is 422. The summed E-state index contributed by atoms with van der Waals surface area (Å²) in [7, 11) is -3.40. The van der Waals surface area contributed by atoms with E-state index in [-0.39, 0.29) is 31.3 Å². The van der Waals surface area contributed by atoms with Crippen molar-refractivity contribution in [3.63, 3.8) is 0 Å². The van der Waals surface area contributed by atoms with E-state index in [9.17, 15) is 18.0 Å². The lowest BCUT2D eigenvalue weighted by atomic mass is 10.2. The first-order chi connectivity index (χ1) is 9.18. The molecule has 0 aliphatic carbocycles. The van der Waals surface area contributed by atoms with E-state index in [4.69, 9.17) is 5.11 Å². The van der Waals surface area contributed by atoms with Gasteiger partial charge in [0, 0.05) is 19.6 Å². The van der Waals surface area contributed by atoms with Gasteiger partial charge in [0.2, 0.25) is 10.0 Å². The fraction of sp³-hybridized carbons (Fsp3) is 0.818. The van der Waals surface area contributed by atoms with Crippen molar-refractivity contribution in [3.8, 4) is 0 Å². The van der Waals surface area contributed by atoms with Gasteiger partial charge in [-0.05, 0) is 5.92 Å². The third kappa shape index (κ3) is 8.70. The highest BCUT2D eigenvalue weighted by Gasteiger charge is 2.18. The van der Waals surface area contributed by atoms with Crippen molar-refractivity contribution < 1.29 is 23.1 Å². The number of sulfonamides is 1. The summed E-state index contributed by atoms with van der Waals surface area (Å²) in [4.78, 5) is 23.6. The average molecular weight is 309 g/mol. The van der Waals surface area contributed by atoms with Crippen LogP contribution in [-0.2, 0) is 14.8 Å². The third-order valence-electron chi connectivity index (χ3n) is 2.21. The van der Waals surface area contributed by atoms with Crippen LogP contribution in [0.3, 0.4) is 0 Å². The van der Waals surface area contributed by atoms with Crippen LogP contribution >= 0.6 is 0 Å². The van der Waals surface area contributed by atoms with E-state index in [1.54, 1.807) is 6.92 Å². The molecular formula is C11H23N3O5S. The number of nitrogens with one attached hydrogen (secondary N) is 2. The Morgan fingerprint density at radius 2 is 1.90 bits per heavy atom. The molecule has 0 saturated heterocycles. The van der Waals surface area contributed by atoms with Crippen molar-refractivity contribution in [2.24, 2.45) is 5.92 Å². The quantitative estimate of drug-likeness (QED) is 0.540. The van der Waals surface area contributed by atoms with E-state index in [1.165, 1.54) is 0 Å². The van der Waals surface area contributed by atoms with Gasteiger partial charge in [0.1, 0.15) is 6.54 Å². The Morgan fingerprint density at radius 3 is 2.35 bits per heavy atom. The molecule has 0 unspecified atom stereocenters. The Labute approximate surface area is 119 Å². The van der Waals surface area contributed by atoms with Crippen LogP contribution in [0, 0.1) is 5.92 Å². The number of hydrogen-bond donors (Lipinski definition) is 3. The molecule has 0 spiro atoms. The highest BCUT2D eigenvalue weighted by Crippen LogP contribution is 1.99. The SMILES string of the molecule is CCNS(=O)(=O)CCNC(=O)N(CC(=O)O)CC(C)C. The maximum absolute atomic E-state index is 11.8. The normalized spacial score (nSPS) is 11.4. The predicted molar refractivity (Wildman–Crippen MR) is 74.9 cm³/mol. The molecule has 118 valence electrons. The highest BCUT2D eigenvalue weighted by molar-refractivity contribution is 7.89. The first-order valence-corrected chi connectivity index (χ1v) is 8.05. The van der Waals surface area contributed by atoms with Gasteiger partial charge in [-0.2, -0.15) is 0 Å². The van der Waals surface area contributed by atoms with Gasteiger partial charge >= 0.3 is 12.0 Å². The molecule has 0 rings (SSSR count). The molecule has 8 nitrogen and oxygen atoms in total. The maximum atomic E-state index is 11.8. The summed E-state index contributed by atoms with van der Waals surface area (Å²) in [6.45, 7) is 5.47. The third-order valence-corrected chi connectivity index (χ3v) is 3.68. The number of nitrogens with zero attached hydrogens (tertiary/aromatic N) is 1. The van der Waals surface area contributed by atoms with Crippen LogP contribution in [0.1, 0.15) is 20.8 Å². The number of aliphatic carboxylic acids is 1. The summed E-state index contributed by atoms with van der Waals surface area (Å²) in [5, 5.41) is 11.2. The van der Waals surface area contributed by atoms with E-state index < -0.39 is 28.6 Å². The molecule has 3 N–H and O–H groups in total. The number of carbonyl (C=O) groups is 2. The molecule has 9 heteroatoms. The van der Waals surface area contributed by atoms with E-state index in [0.717, 1.165) is 4.90 Å². The minimum absolute atomic E-state index is 0.0671. The molecule has 0 atom stereocenters. The van der Waals surface area contributed by atoms with Crippen LogP contribution in [0.4, 0.5) is 4.79 Å². The Hall–Kier alpha value is -1.35. The van der Waals surface area contributed by atoms with Crippen molar-refractivity contribution >= 4 is 22.0 Å². The lowest BCUT2D eigenvalue weighted by molar-refractivity contribution is -0.137. The minimum atomic E-state index is -3.40. The second kappa shape index (κ2) is 8.75. The summed E-state index contributed by atoms with van der Waals surface area (Å²) < 4.78 is 25.0. The minimum Gasteiger partial charge on any atom is -0.480 e. The van der Waals surface area contributed by atoms with Crippen molar-refractivity contribution in [2.45, 2.75) is 20.8 Å². The first kappa shape index (κ1) is 18.7. The van der Waals surface area contributed by atoms with Crippen LogP contribution in [0.25, 0.3) is 0 Å². The number of rotatable bonds is 9. The van der Waals surface area contributed by atoms with Crippen LogP contribution in [0.5, 0.6) is 0 Å². The largest absolute Gasteiger partial charge is 0.480 e. The van der Waals surface area contributed by atoms with Gasteiger partial charge in [0.25, 0.3) is 0 Å². The number of carboxylic acid groups (broad SMARTS) is 1. The average Bonchev–Trinajstić information content (AvgIpc) is 2.26. The lowest BCUT2D eigenvalue weighted by Crippen LogP contribution is -2.46. The summed E-state index contributed by atoms with van der Waals surface area (Å²) in [5.74, 6) is -1.23. The number of carbonyl (C=O) groups excluding carboxylic acids is 1. The van der Waals surface area contributed by atoms with Gasteiger partial charge < -0.3 is 15.3 Å². The monoisotopic (exact) mass is 309 g/mol. The highest BCUT2D eigenvalue weighted by atomic mass is 32.2. The lowest BCUT2D eigenvalue weighted by Gasteiger charge is -2.23. The molecule has 2 amide bonds. The van der Waals surface area contributed by atoms with E-state index in [0.29, 0.717) is 0 Å². The van der Waals surface area contributed by atoms with Crippen LogP contribution in [0.15, 0.2) is 0 Å². The van der Waals surface area contributed by atoms with Gasteiger partial charge in [-0.3, -0.25) is 4.79 Å². The zero-order chi connectivity index (χ0) is 15.8. The van der Waals surface area contributed by atoms with Crippen LogP contribution < -0.4 is 10.0 Å². The summed E-state index contributed by atoms with van der Waals surface area (Å²) >= 11 is 0. The molecule has 0 aromatic heterocycles. The second-order valence-electron chi connectivity index (χ2n) is 4.72. The fourth-order valence-electron chi connectivity index (χ4n) is 1.52. The van der Waals surface area contributed by atoms with E-state index in [2.05, 4.69) is 10.0 Å². The Morgan fingerprint density at radius 1 is 1.30 bits per heavy atom. The Balaban J connectivity index is 4.36.